The summed E-state index contributed by atoms with van der Waals surface area (Å²) < 4.78 is 42.5. The molecular weight excluding hydrogens is 407 g/mol. The van der Waals surface area contributed by atoms with Gasteiger partial charge < -0.3 is 10.2 Å². The molecule has 0 aliphatic carbocycles. The summed E-state index contributed by atoms with van der Waals surface area (Å²) in [6.07, 6.45) is -0.385. The molecule has 0 radical (unpaired) electrons. The molecule has 6 nitrogen and oxygen atoms in total. The first kappa shape index (κ1) is 21.6. The molecule has 4 rings (SSSR count). The van der Waals surface area contributed by atoms with Crippen molar-refractivity contribution in [2.45, 2.75) is 70.8 Å². The SMILES string of the molecule is Cc1ncccc1C(=O)N1CCCCC1c1cc2n(n1)[C@@H](C(F)(F)F)C[C@@H](C(C)C)N2. The van der Waals surface area contributed by atoms with E-state index in [0.717, 1.165) is 17.5 Å². The molecule has 168 valence electrons. The Morgan fingerprint density at radius 2 is 2.06 bits per heavy atom. The van der Waals surface area contributed by atoms with Crippen molar-refractivity contribution in [1.29, 1.82) is 0 Å². The fourth-order valence-corrected chi connectivity index (χ4v) is 4.57. The van der Waals surface area contributed by atoms with Crippen molar-refractivity contribution >= 4 is 11.7 Å². The van der Waals surface area contributed by atoms with Crippen molar-refractivity contribution in [3.63, 3.8) is 0 Å². The van der Waals surface area contributed by atoms with Crippen LogP contribution in [-0.4, -0.2) is 44.3 Å². The number of nitrogens with one attached hydrogen (secondary N) is 1. The van der Waals surface area contributed by atoms with Crippen LogP contribution in [0.1, 0.15) is 73.4 Å². The highest BCUT2D eigenvalue weighted by Gasteiger charge is 2.47. The highest BCUT2D eigenvalue weighted by molar-refractivity contribution is 5.95. The number of pyridine rings is 1. The van der Waals surface area contributed by atoms with E-state index in [1.807, 2.05) is 13.8 Å². The van der Waals surface area contributed by atoms with E-state index >= 15 is 0 Å². The standard InChI is InChI=1S/C22H28F3N5O/c1-13(2)16-11-19(22(23,24)25)30-20(27-16)12-17(28-30)18-8-4-5-10-29(18)21(31)15-7-6-9-26-14(15)3/h6-7,9,12-13,16,18-19,27H,4-5,8,10-11H2,1-3H3/t16-,18?,19+/m0/s1. The van der Waals surface area contributed by atoms with Gasteiger partial charge in [0.25, 0.3) is 5.91 Å². The number of halogens is 3. The molecule has 4 heterocycles. The van der Waals surface area contributed by atoms with Gasteiger partial charge in [0.2, 0.25) is 0 Å². The molecular formula is C22H28F3N5O. The number of carbonyl (C=O) groups excluding carboxylic acids is 1. The fourth-order valence-electron chi connectivity index (χ4n) is 4.57. The quantitative estimate of drug-likeness (QED) is 0.745. The van der Waals surface area contributed by atoms with Crippen molar-refractivity contribution in [1.82, 2.24) is 19.7 Å². The van der Waals surface area contributed by atoms with E-state index in [1.54, 1.807) is 36.2 Å². The maximum absolute atomic E-state index is 13.8. The molecule has 1 fully saturated rings. The molecule has 2 aromatic heterocycles. The number of nitrogens with zero attached hydrogens (tertiary/aromatic N) is 4. The van der Waals surface area contributed by atoms with Gasteiger partial charge in [-0.3, -0.25) is 9.78 Å². The van der Waals surface area contributed by atoms with Gasteiger partial charge in [-0.1, -0.05) is 13.8 Å². The second-order valence-corrected chi connectivity index (χ2v) is 8.83. The fraction of sp³-hybridized carbons (Fsp3) is 0.591. The lowest BCUT2D eigenvalue weighted by Gasteiger charge is -2.35. The largest absolute Gasteiger partial charge is 0.410 e. The summed E-state index contributed by atoms with van der Waals surface area (Å²) in [6.45, 7) is 6.15. The minimum atomic E-state index is -4.39. The summed E-state index contributed by atoms with van der Waals surface area (Å²) in [5.74, 6) is 0.276. The van der Waals surface area contributed by atoms with E-state index in [9.17, 15) is 18.0 Å². The van der Waals surface area contributed by atoms with Gasteiger partial charge >= 0.3 is 6.18 Å². The number of rotatable bonds is 3. The lowest BCUT2D eigenvalue weighted by Crippen LogP contribution is -2.41. The van der Waals surface area contributed by atoms with Crippen molar-refractivity contribution in [2.24, 2.45) is 5.92 Å². The lowest BCUT2D eigenvalue weighted by molar-refractivity contribution is -0.174. The monoisotopic (exact) mass is 435 g/mol. The van der Waals surface area contributed by atoms with Crippen LogP contribution < -0.4 is 5.32 Å². The second-order valence-electron chi connectivity index (χ2n) is 8.83. The van der Waals surface area contributed by atoms with E-state index in [1.165, 1.54) is 0 Å². The van der Waals surface area contributed by atoms with Crippen LogP contribution in [0.25, 0.3) is 0 Å². The maximum Gasteiger partial charge on any atom is 0.410 e. The normalized spacial score (nSPS) is 24.1. The Morgan fingerprint density at radius 1 is 1.29 bits per heavy atom. The van der Waals surface area contributed by atoms with Gasteiger partial charge in [-0.2, -0.15) is 18.3 Å². The average molecular weight is 435 g/mol. The number of fused-ring (bicyclic) bond motifs is 1. The molecule has 31 heavy (non-hydrogen) atoms. The number of hydrogen-bond acceptors (Lipinski definition) is 4. The molecule has 1 amide bonds. The number of likely N-dealkylation sites (tertiary alicyclic amines) is 1. The minimum Gasteiger partial charge on any atom is -0.367 e. The van der Waals surface area contributed by atoms with Gasteiger partial charge in [-0.25, -0.2) is 4.68 Å². The zero-order valence-electron chi connectivity index (χ0n) is 18.0. The van der Waals surface area contributed by atoms with Crippen LogP contribution >= 0.6 is 0 Å². The lowest BCUT2D eigenvalue weighted by atomic mass is 9.94. The molecule has 2 aromatic rings. The van der Waals surface area contributed by atoms with Gasteiger partial charge in [0.1, 0.15) is 5.82 Å². The van der Waals surface area contributed by atoms with Gasteiger partial charge in [-0.05, 0) is 50.7 Å². The Balaban J connectivity index is 1.69. The van der Waals surface area contributed by atoms with E-state index in [0.29, 0.717) is 35.7 Å². The highest BCUT2D eigenvalue weighted by atomic mass is 19.4. The molecule has 0 bridgehead atoms. The van der Waals surface area contributed by atoms with Crippen molar-refractivity contribution in [2.75, 3.05) is 11.9 Å². The summed E-state index contributed by atoms with van der Waals surface area (Å²) in [4.78, 5) is 19.2. The zero-order valence-corrected chi connectivity index (χ0v) is 18.0. The molecule has 0 spiro atoms. The van der Waals surface area contributed by atoms with E-state index in [-0.39, 0.29) is 30.3 Å². The van der Waals surface area contributed by atoms with Crippen LogP contribution in [0.4, 0.5) is 19.0 Å². The number of hydrogen-bond donors (Lipinski definition) is 1. The van der Waals surface area contributed by atoms with E-state index < -0.39 is 12.2 Å². The number of piperidine rings is 1. The zero-order chi connectivity index (χ0) is 22.3. The van der Waals surface area contributed by atoms with Crippen LogP contribution in [0.15, 0.2) is 24.4 Å². The number of carbonyl (C=O) groups is 1. The Kier molecular flexibility index (Phi) is 5.70. The third kappa shape index (κ3) is 4.14. The van der Waals surface area contributed by atoms with Crippen molar-refractivity contribution < 1.29 is 18.0 Å². The second kappa shape index (κ2) is 8.16. The van der Waals surface area contributed by atoms with Gasteiger partial charge in [-0.15, -0.1) is 0 Å². The van der Waals surface area contributed by atoms with Gasteiger partial charge in [0.15, 0.2) is 6.04 Å². The Labute approximate surface area is 179 Å². The molecule has 1 saturated heterocycles. The van der Waals surface area contributed by atoms with Crippen molar-refractivity contribution in [3.05, 3.63) is 41.3 Å². The Bertz CT molecular complexity index is 955. The smallest absolute Gasteiger partial charge is 0.367 e. The number of aromatic nitrogens is 3. The molecule has 1 N–H and O–H groups in total. The highest BCUT2D eigenvalue weighted by Crippen LogP contribution is 2.42. The van der Waals surface area contributed by atoms with Crippen LogP contribution in [0, 0.1) is 12.8 Å². The van der Waals surface area contributed by atoms with Crippen LogP contribution in [0.3, 0.4) is 0 Å². The molecule has 3 atom stereocenters. The van der Waals surface area contributed by atoms with Crippen LogP contribution in [0.2, 0.25) is 0 Å². The van der Waals surface area contributed by atoms with E-state index in [2.05, 4.69) is 15.4 Å². The first-order chi connectivity index (χ1) is 14.7. The number of alkyl halides is 3. The topological polar surface area (TPSA) is 63.1 Å². The third-order valence-electron chi connectivity index (χ3n) is 6.39. The van der Waals surface area contributed by atoms with E-state index in [4.69, 9.17) is 0 Å². The summed E-state index contributed by atoms with van der Waals surface area (Å²) in [5, 5.41) is 7.62. The summed E-state index contributed by atoms with van der Waals surface area (Å²) in [5.41, 5.74) is 1.67. The number of anilines is 1. The first-order valence-corrected chi connectivity index (χ1v) is 10.8. The predicted molar refractivity (Wildman–Crippen MR) is 111 cm³/mol. The summed E-state index contributed by atoms with van der Waals surface area (Å²) >= 11 is 0. The summed E-state index contributed by atoms with van der Waals surface area (Å²) in [6, 6.07) is 2.84. The molecule has 9 heteroatoms. The maximum atomic E-state index is 13.8. The molecule has 2 aliphatic heterocycles. The molecule has 0 aromatic carbocycles. The third-order valence-corrected chi connectivity index (χ3v) is 6.39. The first-order valence-electron chi connectivity index (χ1n) is 10.8. The van der Waals surface area contributed by atoms with Crippen molar-refractivity contribution in [3.8, 4) is 0 Å². The molecule has 1 unspecified atom stereocenters. The van der Waals surface area contributed by atoms with Gasteiger partial charge in [0, 0.05) is 30.5 Å². The average Bonchev–Trinajstić information content (AvgIpc) is 3.16. The van der Waals surface area contributed by atoms with Crippen LogP contribution in [0.5, 0.6) is 0 Å². The summed E-state index contributed by atoms with van der Waals surface area (Å²) in [7, 11) is 0. The Hall–Kier alpha value is -2.58. The number of amides is 1. The number of aryl methyl sites for hydroxylation is 1. The molecule has 0 saturated carbocycles. The Morgan fingerprint density at radius 3 is 2.74 bits per heavy atom. The van der Waals surface area contributed by atoms with Crippen LogP contribution in [-0.2, 0) is 0 Å². The predicted octanol–water partition coefficient (Wildman–Crippen LogP) is 4.90. The minimum absolute atomic E-state index is 0.0539. The van der Waals surface area contributed by atoms with Gasteiger partial charge in [0.05, 0.1) is 17.3 Å². The molecule has 2 aliphatic rings.